The number of nitrogens with zero attached hydrogens (tertiary/aromatic N) is 2. The normalized spacial score (nSPS) is 12.5. The average molecular weight is 335 g/mol. The van der Waals surface area contributed by atoms with Crippen LogP contribution < -0.4 is 10.6 Å². The second kappa shape index (κ2) is 9.50. The lowest BCUT2D eigenvalue weighted by Gasteiger charge is -2.29. The summed E-state index contributed by atoms with van der Waals surface area (Å²) in [6.45, 7) is 12.7. The Bertz CT molecular complexity index is 519. The molecule has 1 unspecified atom stereocenters. The number of ether oxygens (including phenoxy) is 1. The van der Waals surface area contributed by atoms with Crippen molar-refractivity contribution < 1.29 is 9.53 Å². The SMILES string of the molecule is CCC(CC(=O)OC)c1cnc(N(CC(C)C)CC(C)C)c(N)c1. The fourth-order valence-corrected chi connectivity index (χ4v) is 2.89. The van der Waals surface area contributed by atoms with Gasteiger partial charge < -0.3 is 15.4 Å². The molecule has 1 aromatic heterocycles. The summed E-state index contributed by atoms with van der Waals surface area (Å²) < 4.78 is 4.78. The first kappa shape index (κ1) is 20.3. The van der Waals surface area contributed by atoms with E-state index in [1.807, 2.05) is 12.3 Å². The van der Waals surface area contributed by atoms with Crippen molar-refractivity contribution in [2.45, 2.75) is 53.4 Å². The number of hydrogen-bond acceptors (Lipinski definition) is 5. The molecule has 0 saturated heterocycles. The van der Waals surface area contributed by atoms with Crippen LogP contribution in [0.2, 0.25) is 0 Å². The van der Waals surface area contributed by atoms with Gasteiger partial charge >= 0.3 is 5.97 Å². The molecule has 1 rings (SSSR count). The zero-order valence-electron chi connectivity index (χ0n) is 16.0. The van der Waals surface area contributed by atoms with Crippen molar-refractivity contribution in [2.75, 3.05) is 30.8 Å². The summed E-state index contributed by atoms with van der Waals surface area (Å²) in [5.41, 5.74) is 7.99. The van der Waals surface area contributed by atoms with Crippen LogP contribution in [0.4, 0.5) is 11.5 Å². The second-order valence-corrected chi connectivity index (χ2v) is 7.26. The molecule has 0 aromatic carbocycles. The molecule has 0 saturated carbocycles. The quantitative estimate of drug-likeness (QED) is 0.694. The molecule has 5 nitrogen and oxygen atoms in total. The maximum Gasteiger partial charge on any atom is 0.306 e. The molecule has 0 radical (unpaired) electrons. The fourth-order valence-electron chi connectivity index (χ4n) is 2.89. The van der Waals surface area contributed by atoms with Crippen molar-refractivity contribution in [2.24, 2.45) is 11.8 Å². The number of esters is 1. The van der Waals surface area contributed by atoms with E-state index in [1.54, 1.807) is 0 Å². The zero-order valence-corrected chi connectivity index (χ0v) is 16.0. The Morgan fingerprint density at radius 2 is 1.83 bits per heavy atom. The number of aromatic nitrogens is 1. The lowest BCUT2D eigenvalue weighted by molar-refractivity contribution is -0.141. The summed E-state index contributed by atoms with van der Waals surface area (Å²) in [6, 6.07) is 1.97. The summed E-state index contributed by atoms with van der Waals surface area (Å²) in [5.74, 6) is 1.80. The van der Waals surface area contributed by atoms with E-state index in [9.17, 15) is 4.79 Å². The first-order chi connectivity index (χ1) is 11.3. The molecule has 1 heterocycles. The Labute approximate surface area is 146 Å². The number of pyridine rings is 1. The Balaban J connectivity index is 3.04. The van der Waals surface area contributed by atoms with Gasteiger partial charge in [-0.25, -0.2) is 4.98 Å². The van der Waals surface area contributed by atoms with E-state index in [4.69, 9.17) is 10.5 Å². The number of hydrogen-bond donors (Lipinski definition) is 1. The van der Waals surface area contributed by atoms with Gasteiger partial charge in [0.2, 0.25) is 0 Å². The van der Waals surface area contributed by atoms with Gasteiger partial charge in [-0.2, -0.15) is 0 Å². The minimum absolute atomic E-state index is 0.0879. The van der Waals surface area contributed by atoms with Gasteiger partial charge in [0.05, 0.1) is 19.2 Å². The van der Waals surface area contributed by atoms with E-state index in [1.165, 1.54) is 7.11 Å². The van der Waals surface area contributed by atoms with Crippen LogP contribution in [0.25, 0.3) is 0 Å². The predicted molar refractivity (Wildman–Crippen MR) is 100 cm³/mol. The second-order valence-electron chi connectivity index (χ2n) is 7.26. The molecule has 0 bridgehead atoms. The highest BCUT2D eigenvalue weighted by atomic mass is 16.5. The molecule has 0 aliphatic carbocycles. The van der Waals surface area contributed by atoms with Crippen molar-refractivity contribution in [3.8, 4) is 0 Å². The molecule has 5 heteroatoms. The summed E-state index contributed by atoms with van der Waals surface area (Å²) in [4.78, 5) is 18.5. The molecule has 1 atom stereocenters. The first-order valence-electron chi connectivity index (χ1n) is 8.85. The number of carbonyl (C=O) groups is 1. The van der Waals surface area contributed by atoms with Crippen LogP contribution in [0.1, 0.15) is 58.9 Å². The van der Waals surface area contributed by atoms with E-state index < -0.39 is 0 Å². The van der Waals surface area contributed by atoms with Crippen LogP contribution in [-0.2, 0) is 9.53 Å². The largest absolute Gasteiger partial charge is 0.469 e. The minimum Gasteiger partial charge on any atom is -0.469 e. The van der Waals surface area contributed by atoms with E-state index >= 15 is 0 Å². The Hall–Kier alpha value is -1.78. The lowest BCUT2D eigenvalue weighted by Crippen LogP contribution is -2.32. The third-order valence-corrected chi connectivity index (χ3v) is 3.99. The van der Waals surface area contributed by atoms with Crippen molar-refractivity contribution in [3.63, 3.8) is 0 Å². The number of nitrogens with two attached hydrogens (primary N) is 1. The van der Waals surface area contributed by atoms with E-state index in [2.05, 4.69) is 44.5 Å². The standard InChI is InChI=1S/C19H33N3O2/c1-7-15(9-18(23)24-6)16-8-17(20)19(21-10-16)22(11-13(2)3)12-14(4)5/h8,10,13-15H,7,9,11-12,20H2,1-6H3. The smallest absolute Gasteiger partial charge is 0.306 e. The molecular formula is C19H33N3O2. The maximum absolute atomic E-state index is 11.6. The van der Waals surface area contributed by atoms with E-state index in [-0.39, 0.29) is 11.9 Å². The summed E-state index contributed by atoms with van der Waals surface area (Å²) in [5, 5.41) is 0. The van der Waals surface area contributed by atoms with Gasteiger partial charge in [-0.3, -0.25) is 4.79 Å². The monoisotopic (exact) mass is 335 g/mol. The van der Waals surface area contributed by atoms with Crippen LogP contribution in [0.3, 0.4) is 0 Å². The summed E-state index contributed by atoms with van der Waals surface area (Å²) in [6.07, 6.45) is 3.06. The molecular weight excluding hydrogens is 302 g/mol. The van der Waals surface area contributed by atoms with Crippen molar-refractivity contribution in [1.82, 2.24) is 4.98 Å². The number of carbonyl (C=O) groups excluding carboxylic acids is 1. The Morgan fingerprint density at radius 3 is 2.25 bits per heavy atom. The van der Waals surface area contributed by atoms with Crippen LogP contribution in [-0.4, -0.2) is 31.2 Å². The number of anilines is 2. The molecule has 0 aliphatic rings. The van der Waals surface area contributed by atoms with Gasteiger partial charge in [-0.05, 0) is 35.8 Å². The lowest BCUT2D eigenvalue weighted by atomic mass is 9.94. The summed E-state index contributed by atoms with van der Waals surface area (Å²) >= 11 is 0. The highest BCUT2D eigenvalue weighted by Gasteiger charge is 2.19. The van der Waals surface area contributed by atoms with Gasteiger partial charge in [-0.15, -0.1) is 0 Å². The molecule has 2 N–H and O–H groups in total. The zero-order chi connectivity index (χ0) is 18.3. The highest BCUT2D eigenvalue weighted by Crippen LogP contribution is 2.29. The van der Waals surface area contributed by atoms with Gasteiger partial charge in [0.25, 0.3) is 0 Å². The van der Waals surface area contributed by atoms with Crippen LogP contribution in [0.5, 0.6) is 0 Å². The predicted octanol–water partition coefficient (Wildman–Crippen LogP) is 3.84. The van der Waals surface area contributed by atoms with Crippen molar-refractivity contribution in [1.29, 1.82) is 0 Å². The third-order valence-electron chi connectivity index (χ3n) is 3.99. The summed E-state index contributed by atoms with van der Waals surface area (Å²) in [7, 11) is 1.42. The van der Waals surface area contributed by atoms with Crippen molar-refractivity contribution in [3.05, 3.63) is 17.8 Å². The van der Waals surface area contributed by atoms with Crippen LogP contribution in [0.15, 0.2) is 12.3 Å². The molecule has 24 heavy (non-hydrogen) atoms. The number of methoxy groups -OCH3 is 1. The molecule has 0 spiro atoms. The average Bonchev–Trinajstić information content (AvgIpc) is 2.50. The van der Waals surface area contributed by atoms with E-state index in [0.29, 0.717) is 23.9 Å². The van der Waals surface area contributed by atoms with Crippen LogP contribution in [0, 0.1) is 11.8 Å². The molecule has 1 aromatic rings. The minimum atomic E-state index is -0.203. The van der Waals surface area contributed by atoms with Gasteiger partial charge in [0.15, 0.2) is 5.82 Å². The number of rotatable bonds is 9. The van der Waals surface area contributed by atoms with Crippen molar-refractivity contribution >= 4 is 17.5 Å². The fraction of sp³-hybridized carbons (Fsp3) is 0.684. The maximum atomic E-state index is 11.6. The van der Waals surface area contributed by atoms with Crippen LogP contribution >= 0.6 is 0 Å². The Morgan fingerprint density at radius 1 is 1.25 bits per heavy atom. The number of nitrogen functional groups attached to an aromatic ring is 1. The molecule has 0 fully saturated rings. The molecule has 0 aliphatic heterocycles. The topological polar surface area (TPSA) is 68.5 Å². The molecule has 0 amide bonds. The Kier molecular flexibility index (Phi) is 8.02. The van der Waals surface area contributed by atoms with Gasteiger partial charge in [0, 0.05) is 19.3 Å². The highest BCUT2D eigenvalue weighted by molar-refractivity contribution is 5.71. The third kappa shape index (κ3) is 6.02. The first-order valence-corrected chi connectivity index (χ1v) is 8.85. The van der Waals surface area contributed by atoms with Gasteiger partial charge in [0.1, 0.15) is 0 Å². The van der Waals surface area contributed by atoms with E-state index in [0.717, 1.165) is 30.9 Å². The van der Waals surface area contributed by atoms with Gasteiger partial charge in [-0.1, -0.05) is 34.6 Å². The molecule has 136 valence electrons.